The van der Waals surface area contributed by atoms with Gasteiger partial charge in [0.1, 0.15) is 12.4 Å². The fourth-order valence-electron chi connectivity index (χ4n) is 4.24. The monoisotopic (exact) mass is 413 g/mol. The minimum Gasteiger partial charge on any atom is -0.355 e. The summed E-state index contributed by atoms with van der Waals surface area (Å²) in [5.74, 6) is -0.264. The van der Waals surface area contributed by atoms with Crippen LogP contribution in [0.5, 0.6) is 0 Å². The predicted octanol–water partition coefficient (Wildman–Crippen LogP) is 4.89. The summed E-state index contributed by atoms with van der Waals surface area (Å²) in [6, 6.07) is 11.4. The lowest BCUT2D eigenvalue weighted by Crippen LogP contribution is -2.39. The molecule has 29 heavy (non-hydrogen) atoms. The van der Waals surface area contributed by atoms with Crippen molar-refractivity contribution in [3.63, 3.8) is 0 Å². The van der Waals surface area contributed by atoms with Gasteiger partial charge in [0, 0.05) is 30.0 Å². The molecule has 1 N–H and O–H groups in total. The van der Waals surface area contributed by atoms with Crippen molar-refractivity contribution in [1.82, 2.24) is 14.8 Å². The molecule has 1 atom stereocenters. The van der Waals surface area contributed by atoms with Gasteiger partial charge in [-0.2, -0.15) is 0 Å². The first kappa shape index (κ1) is 20.1. The Balaban J connectivity index is 1.40. The molecule has 2 aromatic heterocycles. The lowest BCUT2D eigenvalue weighted by atomic mass is 10.0. The molecule has 4 nitrogen and oxygen atoms in total. The van der Waals surface area contributed by atoms with Crippen LogP contribution in [0.25, 0.3) is 21.5 Å². The van der Waals surface area contributed by atoms with Crippen molar-refractivity contribution in [2.24, 2.45) is 0 Å². The van der Waals surface area contributed by atoms with Crippen molar-refractivity contribution >= 4 is 28.1 Å². The van der Waals surface area contributed by atoms with E-state index < -0.39 is 0 Å². The molecule has 0 saturated carbocycles. The van der Waals surface area contributed by atoms with Crippen molar-refractivity contribution < 1.29 is 9.18 Å². The topological polar surface area (TPSA) is 37.3 Å². The Bertz CT molecular complexity index is 966. The zero-order chi connectivity index (χ0) is 20.2. The van der Waals surface area contributed by atoms with Crippen LogP contribution in [-0.4, -0.2) is 41.1 Å². The van der Waals surface area contributed by atoms with Crippen molar-refractivity contribution in [3.05, 3.63) is 47.6 Å². The Morgan fingerprint density at radius 1 is 1.28 bits per heavy atom. The second-order valence-electron chi connectivity index (χ2n) is 7.88. The zero-order valence-corrected chi connectivity index (χ0v) is 17.7. The van der Waals surface area contributed by atoms with E-state index in [1.807, 2.05) is 28.1 Å². The van der Waals surface area contributed by atoms with Crippen LogP contribution in [0.1, 0.15) is 32.6 Å². The number of hydrogen-bond donors (Lipinski definition) is 1. The summed E-state index contributed by atoms with van der Waals surface area (Å²) in [6.07, 6.45) is 4.85. The van der Waals surface area contributed by atoms with Crippen LogP contribution >= 0.6 is 11.3 Å². The van der Waals surface area contributed by atoms with Gasteiger partial charge >= 0.3 is 0 Å². The maximum Gasteiger partial charge on any atom is 0.239 e. The third-order valence-corrected chi connectivity index (χ3v) is 6.72. The smallest absolute Gasteiger partial charge is 0.239 e. The van der Waals surface area contributed by atoms with Gasteiger partial charge in [-0.15, -0.1) is 11.3 Å². The summed E-state index contributed by atoms with van der Waals surface area (Å²) in [7, 11) is 0. The van der Waals surface area contributed by atoms with Gasteiger partial charge in [0.15, 0.2) is 0 Å². The molecule has 1 fully saturated rings. The highest BCUT2D eigenvalue weighted by atomic mass is 32.1. The van der Waals surface area contributed by atoms with Gasteiger partial charge in [0.2, 0.25) is 5.91 Å². The van der Waals surface area contributed by atoms with Gasteiger partial charge in [-0.05, 0) is 68.4 Å². The zero-order valence-electron chi connectivity index (χ0n) is 16.9. The highest BCUT2D eigenvalue weighted by Gasteiger charge is 2.18. The number of hydrogen-bond acceptors (Lipinski definition) is 3. The maximum atomic E-state index is 13.7. The van der Waals surface area contributed by atoms with E-state index in [9.17, 15) is 9.18 Å². The van der Waals surface area contributed by atoms with Crippen LogP contribution in [0.3, 0.4) is 0 Å². The van der Waals surface area contributed by atoms with Crippen LogP contribution in [-0.2, 0) is 11.3 Å². The summed E-state index contributed by atoms with van der Waals surface area (Å²) in [5, 5.41) is 5.90. The number of thiophene rings is 1. The molecule has 1 aliphatic heterocycles. The number of rotatable bonds is 7. The highest BCUT2D eigenvalue weighted by Crippen LogP contribution is 2.31. The second-order valence-corrected chi connectivity index (χ2v) is 8.83. The summed E-state index contributed by atoms with van der Waals surface area (Å²) in [5.41, 5.74) is 1.84. The largest absolute Gasteiger partial charge is 0.355 e. The standard InChI is InChI=1S/C23H28FN3OS/c1-17-6-2-3-11-26(17)12-5-10-25-23(28)16-27-20-9-8-19(24)14-18(20)15-21(27)22-7-4-13-29-22/h4,7-9,13-15,17H,2-3,5-6,10-12,16H2,1H3,(H,25,28)/t17-/m1/s1. The van der Waals surface area contributed by atoms with Crippen LogP contribution in [0.15, 0.2) is 41.8 Å². The van der Waals surface area contributed by atoms with E-state index in [-0.39, 0.29) is 18.3 Å². The Kier molecular flexibility index (Phi) is 6.31. The van der Waals surface area contributed by atoms with Gasteiger partial charge in [-0.1, -0.05) is 12.5 Å². The number of carbonyl (C=O) groups is 1. The molecule has 1 aromatic carbocycles. The summed E-state index contributed by atoms with van der Waals surface area (Å²) in [6.45, 7) is 5.43. The van der Waals surface area contributed by atoms with E-state index in [0.29, 0.717) is 12.6 Å². The minimum absolute atomic E-state index is 0.00340. The average Bonchev–Trinajstić information content (AvgIpc) is 3.34. The molecule has 0 bridgehead atoms. The Hall–Kier alpha value is -2.18. The number of benzene rings is 1. The average molecular weight is 414 g/mol. The lowest BCUT2D eigenvalue weighted by Gasteiger charge is -2.33. The molecule has 1 aliphatic rings. The Morgan fingerprint density at radius 3 is 2.97 bits per heavy atom. The van der Waals surface area contributed by atoms with Gasteiger partial charge in [-0.3, -0.25) is 4.79 Å². The molecule has 6 heteroatoms. The first-order valence-electron chi connectivity index (χ1n) is 10.5. The quantitative estimate of drug-likeness (QED) is 0.560. The SMILES string of the molecule is C[C@@H]1CCCCN1CCCNC(=O)Cn1c(-c2cccs2)cc2cc(F)ccc21. The van der Waals surface area contributed by atoms with E-state index in [2.05, 4.69) is 17.1 Å². The molecule has 4 rings (SSSR count). The van der Waals surface area contributed by atoms with Crippen molar-refractivity contribution in [1.29, 1.82) is 0 Å². The normalized spacial score (nSPS) is 17.7. The van der Waals surface area contributed by atoms with Gasteiger partial charge in [0.05, 0.1) is 10.6 Å². The maximum absolute atomic E-state index is 13.7. The number of nitrogens with zero attached hydrogens (tertiary/aromatic N) is 2. The van der Waals surface area contributed by atoms with Crippen molar-refractivity contribution in [3.8, 4) is 10.6 Å². The summed E-state index contributed by atoms with van der Waals surface area (Å²) >= 11 is 1.62. The van der Waals surface area contributed by atoms with Gasteiger partial charge in [-0.25, -0.2) is 4.39 Å². The number of nitrogens with one attached hydrogen (secondary N) is 1. The molecule has 3 heterocycles. The molecule has 0 spiro atoms. The van der Waals surface area contributed by atoms with Crippen molar-refractivity contribution in [2.75, 3.05) is 19.6 Å². The van der Waals surface area contributed by atoms with Crippen LogP contribution in [0.4, 0.5) is 4.39 Å². The molecule has 0 radical (unpaired) electrons. The summed E-state index contributed by atoms with van der Waals surface area (Å²) in [4.78, 5) is 16.2. The Labute approximate surface area is 175 Å². The number of piperidine rings is 1. The van der Waals surface area contributed by atoms with Crippen molar-refractivity contribution in [2.45, 2.75) is 45.2 Å². The number of halogens is 1. The first-order chi connectivity index (χ1) is 14.1. The van der Waals surface area contributed by atoms with E-state index >= 15 is 0 Å². The Morgan fingerprint density at radius 2 is 2.17 bits per heavy atom. The number of amides is 1. The highest BCUT2D eigenvalue weighted by molar-refractivity contribution is 7.13. The van der Waals surface area contributed by atoms with Crippen LogP contribution in [0, 0.1) is 5.82 Å². The number of fused-ring (bicyclic) bond motifs is 1. The van der Waals surface area contributed by atoms with Crippen LogP contribution < -0.4 is 5.32 Å². The number of carbonyl (C=O) groups excluding carboxylic acids is 1. The van der Waals surface area contributed by atoms with Gasteiger partial charge < -0.3 is 14.8 Å². The fourth-order valence-corrected chi connectivity index (χ4v) is 4.99. The molecular weight excluding hydrogens is 385 g/mol. The molecule has 0 unspecified atom stereocenters. The number of likely N-dealkylation sites (tertiary alicyclic amines) is 1. The van der Waals surface area contributed by atoms with Gasteiger partial charge in [0.25, 0.3) is 0 Å². The van der Waals surface area contributed by atoms with E-state index in [4.69, 9.17) is 0 Å². The first-order valence-corrected chi connectivity index (χ1v) is 11.3. The molecule has 1 saturated heterocycles. The van der Waals surface area contributed by atoms with E-state index in [1.54, 1.807) is 17.4 Å². The van der Waals surface area contributed by atoms with Crippen LogP contribution in [0.2, 0.25) is 0 Å². The molecule has 1 amide bonds. The minimum atomic E-state index is -0.260. The lowest BCUT2D eigenvalue weighted by molar-refractivity contribution is -0.121. The fraction of sp³-hybridized carbons (Fsp3) is 0.435. The second kappa shape index (κ2) is 9.09. The molecule has 3 aromatic rings. The number of aromatic nitrogens is 1. The summed E-state index contributed by atoms with van der Waals surface area (Å²) < 4.78 is 15.7. The molecular formula is C23H28FN3OS. The van der Waals surface area contributed by atoms with E-state index in [0.717, 1.165) is 34.4 Å². The molecule has 0 aliphatic carbocycles. The third kappa shape index (κ3) is 4.70. The predicted molar refractivity (Wildman–Crippen MR) is 118 cm³/mol. The molecule has 154 valence electrons. The third-order valence-electron chi connectivity index (χ3n) is 5.82. The van der Waals surface area contributed by atoms with E-state index in [1.165, 1.54) is 37.9 Å².